The van der Waals surface area contributed by atoms with E-state index >= 15 is 0 Å². The van der Waals surface area contributed by atoms with Gasteiger partial charge in [0.15, 0.2) is 0 Å². The quantitative estimate of drug-likeness (QED) is 0.710. The van der Waals surface area contributed by atoms with E-state index in [0.29, 0.717) is 5.92 Å². The Hall–Kier alpha value is -0.770. The zero-order valence-electron chi connectivity index (χ0n) is 12.8. The molecule has 0 saturated heterocycles. The number of hydrogen-bond acceptors (Lipinski definition) is 2. The molecule has 0 aliphatic carbocycles. The van der Waals surface area contributed by atoms with Crippen LogP contribution in [0.15, 0.2) is 56.7 Å². The van der Waals surface area contributed by atoms with Gasteiger partial charge in [0.05, 0.1) is 0 Å². The average Bonchev–Trinajstić information content (AvgIpc) is 2.43. The van der Waals surface area contributed by atoms with Crippen LogP contribution in [0.2, 0.25) is 0 Å². The van der Waals surface area contributed by atoms with Crippen molar-refractivity contribution in [2.75, 3.05) is 6.54 Å². The first-order chi connectivity index (χ1) is 10.0. The molecule has 1 N–H and O–H groups in total. The van der Waals surface area contributed by atoms with E-state index in [1.165, 1.54) is 20.9 Å². The molecule has 0 unspecified atom stereocenters. The first-order valence-corrected chi connectivity index (χ1v) is 8.89. The maximum absolute atomic E-state index is 3.54. The molecule has 21 heavy (non-hydrogen) atoms. The smallest absolute Gasteiger partial charge is 0.0216 e. The summed E-state index contributed by atoms with van der Waals surface area (Å²) in [7, 11) is 0. The van der Waals surface area contributed by atoms with Crippen molar-refractivity contribution in [1.29, 1.82) is 0 Å². The molecule has 0 aromatic heterocycles. The minimum atomic E-state index is 0.678. The summed E-state index contributed by atoms with van der Waals surface area (Å²) in [5, 5.41) is 3.54. The molecule has 3 heteroatoms. The first-order valence-electron chi connectivity index (χ1n) is 7.28. The van der Waals surface area contributed by atoms with Crippen molar-refractivity contribution in [2.24, 2.45) is 5.92 Å². The lowest BCUT2D eigenvalue weighted by atomic mass is 10.1. The highest BCUT2D eigenvalue weighted by Crippen LogP contribution is 2.31. The molecule has 2 aromatic rings. The van der Waals surface area contributed by atoms with E-state index < -0.39 is 0 Å². The summed E-state index contributed by atoms with van der Waals surface area (Å²) in [5.41, 5.74) is 2.69. The summed E-state index contributed by atoms with van der Waals surface area (Å²) in [6.07, 6.45) is 0. The van der Waals surface area contributed by atoms with E-state index in [4.69, 9.17) is 0 Å². The van der Waals surface area contributed by atoms with Crippen LogP contribution in [0, 0.1) is 12.8 Å². The molecule has 0 aliphatic rings. The lowest BCUT2D eigenvalue weighted by Crippen LogP contribution is -2.19. The molecule has 0 amide bonds. The fraction of sp³-hybridized carbons (Fsp3) is 0.333. The monoisotopic (exact) mass is 363 g/mol. The molecule has 0 atom stereocenters. The molecule has 0 spiro atoms. The Balaban J connectivity index is 2.12. The summed E-state index contributed by atoms with van der Waals surface area (Å²) < 4.78 is 1.12. The number of benzene rings is 2. The molecule has 112 valence electrons. The van der Waals surface area contributed by atoms with Crippen LogP contribution in [0.3, 0.4) is 0 Å². The van der Waals surface area contributed by atoms with Gasteiger partial charge >= 0.3 is 0 Å². The second-order valence-electron chi connectivity index (χ2n) is 5.69. The summed E-state index contributed by atoms with van der Waals surface area (Å²) in [6, 6.07) is 15.2. The average molecular weight is 364 g/mol. The molecule has 2 aromatic carbocycles. The third-order valence-corrected chi connectivity index (χ3v) is 4.78. The lowest BCUT2D eigenvalue weighted by Gasteiger charge is -2.13. The maximum atomic E-state index is 3.54. The Kier molecular flexibility index (Phi) is 6.34. The summed E-state index contributed by atoms with van der Waals surface area (Å²) in [5.74, 6) is 0.678. The molecule has 0 radical (unpaired) electrons. The zero-order chi connectivity index (χ0) is 15.2. The van der Waals surface area contributed by atoms with Crippen LogP contribution in [0.25, 0.3) is 0 Å². The summed E-state index contributed by atoms with van der Waals surface area (Å²) in [4.78, 5) is 2.60. The SMILES string of the molecule is Cc1ccc(Sc2ccc(Br)cc2)c(CNCC(C)C)c1. The van der Waals surface area contributed by atoms with E-state index in [9.17, 15) is 0 Å². The number of hydrogen-bond donors (Lipinski definition) is 1. The molecule has 0 heterocycles. The van der Waals surface area contributed by atoms with E-state index in [0.717, 1.165) is 17.6 Å². The first kappa shape index (κ1) is 16.6. The van der Waals surface area contributed by atoms with E-state index in [-0.39, 0.29) is 0 Å². The molecule has 0 aliphatic heterocycles. The van der Waals surface area contributed by atoms with Gasteiger partial charge < -0.3 is 5.32 Å². The van der Waals surface area contributed by atoms with Gasteiger partial charge in [-0.25, -0.2) is 0 Å². The zero-order valence-corrected chi connectivity index (χ0v) is 15.2. The highest BCUT2D eigenvalue weighted by molar-refractivity contribution is 9.10. The second-order valence-corrected chi connectivity index (χ2v) is 7.72. The highest BCUT2D eigenvalue weighted by atomic mass is 79.9. The second kappa shape index (κ2) is 8.02. The standard InChI is InChI=1S/C18H22BrNS/c1-13(2)11-20-12-15-10-14(3)4-9-18(15)21-17-7-5-16(19)6-8-17/h4-10,13,20H,11-12H2,1-3H3. The van der Waals surface area contributed by atoms with Gasteiger partial charge in [-0.15, -0.1) is 0 Å². The highest BCUT2D eigenvalue weighted by Gasteiger charge is 2.06. The van der Waals surface area contributed by atoms with E-state index in [1.807, 2.05) is 11.8 Å². The summed E-state index contributed by atoms with van der Waals surface area (Å²) >= 11 is 5.31. The van der Waals surface area contributed by atoms with Crippen LogP contribution in [0.5, 0.6) is 0 Å². The third-order valence-electron chi connectivity index (χ3n) is 3.13. The van der Waals surface area contributed by atoms with Gasteiger partial charge in [-0.3, -0.25) is 0 Å². The lowest BCUT2D eigenvalue weighted by molar-refractivity contribution is 0.550. The molecular formula is C18H22BrNS. The molecule has 1 nitrogen and oxygen atoms in total. The largest absolute Gasteiger partial charge is 0.312 e. The molecule has 2 rings (SSSR count). The van der Waals surface area contributed by atoms with Gasteiger partial charge in [0, 0.05) is 20.8 Å². The van der Waals surface area contributed by atoms with Crippen LogP contribution >= 0.6 is 27.7 Å². The third kappa shape index (κ3) is 5.50. The summed E-state index contributed by atoms with van der Waals surface area (Å²) in [6.45, 7) is 8.61. The number of nitrogens with one attached hydrogen (secondary N) is 1. The van der Waals surface area contributed by atoms with Crippen LogP contribution in [-0.4, -0.2) is 6.54 Å². The van der Waals surface area contributed by atoms with E-state index in [2.05, 4.69) is 84.5 Å². The van der Waals surface area contributed by atoms with Gasteiger partial charge in [0.2, 0.25) is 0 Å². The van der Waals surface area contributed by atoms with Gasteiger partial charge in [0.25, 0.3) is 0 Å². The van der Waals surface area contributed by atoms with Gasteiger partial charge in [-0.2, -0.15) is 0 Å². The van der Waals surface area contributed by atoms with Crippen molar-refractivity contribution in [2.45, 2.75) is 37.1 Å². The van der Waals surface area contributed by atoms with Crippen molar-refractivity contribution >= 4 is 27.7 Å². The fourth-order valence-corrected chi connectivity index (χ4v) is 3.26. The van der Waals surface area contributed by atoms with Crippen molar-refractivity contribution in [1.82, 2.24) is 5.32 Å². The predicted octanol–water partition coefficient (Wildman–Crippen LogP) is 5.65. The Morgan fingerprint density at radius 1 is 1.10 bits per heavy atom. The van der Waals surface area contributed by atoms with Gasteiger partial charge in [-0.05, 0) is 55.3 Å². The van der Waals surface area contributed by atoms with E-state index in [1.54, 1.807) is 0 Å². The van der Waals surface area contributed by atoms with Gasteiger partial charge in [0.1, 0.15) is 0 Å². The van der Waals surface area contributed by atoms with Crippen LogP contribution in [0.1, 0.15) is 25.0 Å². The fourth-order valence-electron chi connectivity index (χ4n) is 2.07. The Labute approximate surface area is 140 Å². The maximum Gasteiger partial charge on any atom is 0.0216 e. The predicted molar refractivity (Wildman–Crippen MR) is 96.0 cm³/mol. The Morgan fingerprint density at radius 3 is 2.48 bits per heavy atom. The van der Waals surface area contributed by atoms with Crippen LogP contribution in [-0.2, 0) is 6.54 Å². The topological polar surface area (TPSA) is 12.0 Å². The normalized spacial score (nSPS) is 11.1. The van der Waals surface area contributed by atoms with Crippen molar-refractivity contribution in [3.8, 4) is 0 Å². The number of aryl methyl sites for hydroxylation is 1. The minimum absolute atomic E-state index is 0.678. The van der Waals surface area contributed by atoms with Crippen LogP contribution < -0.4 is 5.32 Å². The molecule has 0 saturated carbocycles. The van der Waals surface area contributed by atoms with Crippen molar-refractivity contribution < 1.29 is 0 Å². The van der Waals surface area contributed by atoms with Crippen molar-refractivity contribution in [3.63, 3.8) is 0 Å². The molecule has 0 bridgehead atoms. The Bertz CT molecular complexity index is 578. The molecule has 0 fully saturated rings. The minimum Gasteiger partial charge on any atom is -0.312 e. The molecular weight excluding hydrogens is 342 g/mol. The van der Waals surface area contributed by atoms with Gasteiger partial charge in [-0.1, -0.05) is 59.2 Å². The number of rotatable bonds is 6. The van der Waals surface area contributed by atoms with Crippen molar-refractivity contribution in [3.05, 3.63) is 58.1 Å². The Morgan fingerprint density at radius 2 is 1.81 bits per heavy atom. The number of halogens is 1. The van der Waals surface area contributed by atoms with Crippen LogP contribution in [0.4, 0.5) is 0 Å².